The van der Waals surface area contributed by atoms with E-state index in [9.17, 15) is 4.79 Å². The largest absolute Gasteiger partial charge is 0.358 e. The Balaban J connectivity index is 1.71. The number of H-pyrrole nitrogens is 1. The quantitative estimate of drug-likeness (QED) is 0.481. The van der Waals surface area contributed by atoms with Crippen LogP contribution in [0, 0.1) is 6.92 Å². The molecule has 1 unspecified atom stereocenters. The molecule has 2 N–H and O–H groups in total. The second-order valence-electron chi connectivity index (χ2n) is 7.10. The van der Waals surface area contributed by atoms with Crippen LogP contribution >= 0.6 is 0 Å². The van der Waals surface area contributed by atoms with E-state index in [1.807, 2.05) is 56.3 Å². The van der Waals surface area contributed by atoms with Crippen LogP contribution in [0.25, 0.3) is 27.8 Å². The first-order valence-corrected chi connectivity index (χ1v) is 9.62. The minimum Gasteiger partial charge on any atom is -0.358 e. The second kappa shape index (κ2) is 7.07. The third-order valence-corrected chi connectivity index (χ3v) is 5.12. The molecule has 0 aliphatic heterocycles. The van der Waals surface area contributed by atoms with Gasteiger partial charge in [0, 0.05) is 0 Å². The number of fused-ring (bicyclic) bond motifs is 2. The number of aromatic nitrogens is 6. The summed E-state index contributed by atoms with van der Waals surface area (Å²) in [5.74, 6) is 1.20. The number of aromatic amines is 1. The van der Waals surface area contributed by atoms with Gasteiger partial charge in [-0.2, -0.15) is 0 Å². The van der Waals surface area contributed by atoms with Gasteiger partial charge in [0.15, 0.2) is 11.5 Å². The molecule has 0 fully saturated rings. The molecule has 0 amide bonds. The lowest BCUT2D eigenvalue weighted by Gasteiger charge is -2.21. The molecule has 148 valence electrons. The van der Waals surface area contributed by atoms with Crippen molar-refractivity contribution in [2.24, 2.45) is 0 Å². The van der Waals surface area contributed by atoms with E-state index in [1.165, 1.54) is 6.33 Å². The van der Waals surface area contributed by atoms with Crippen LogP contribution in [0.1, 0.15) is 24.4 Å². The number of imidazole rings is 1. The lowest BCUT2D eigenvalue weighted by atomic mass is 10.1. The summed E-state index contributed by atoms with van der Waals surface area (Å²) < 4.78 is 1.68. The summed E-state index contributed by atoms with van der Waals surface area (Å²) in [6.07, 6.45) is 3.03. The van der Waals surface area contributed by atoms with Gasteiger partial charge in [-0.15, -0.1) is 0 Å². The molecule has 8 heteroatoms. The number of nitrogens with zero attached hydrogens (tertiary/aromatic N) is 5. The molecule has 30 heavy (non-hydrogen) atoms. The third kappa shape index (κ3) is 2.89. The van der Waals surface area contributed by atoms with Crippen LogP contribution in [0.4, 0.5) is 5.82 Å². The Labute approximate surface area is 171 Å². The molecule has 5 aromatic rings. The van der Waals surface area contributed by atoms with Gasteiger partial charge >= 0.3 is 0 Å². The van der Waals surface area contributed by atoms with Crippen molar-refractivity contribution in [1.29, 1.82) is 0 Å². The molecule has 3 aromatic heterocycles. The minimum absolute atomic E-state index is 0.104. The summed E-state index contributed by atoms with van der Waals surface area (Å²) in [5, 5.41) is 3.94. The van der Waals surface area contributed by atoms with Gasteiger partial charge in [-0.05, 0) is 37.6 Å². The van der Waals surface area contributed by atoms with E-state index in [4.69, 9.17) is 4.98 Å². The van der Waals surface area contributed by atoms with E-state index in [0.717, 1.165) is 11.3 Å². The highest BCUT2D eigenvalue weighted by Gasteiger charge is 2.20. The molecule has 0 radical (unpaired) electrons. The van der Waals surface area contributed by atoms with E-state index in [1.54, 1.807) is 17.0 Å². The first-order valence-electron chi connectivity index (χ1n) is 9.62. The van der Waals surface area contributed by atoms with Crippen LogP contribution in [0.2, 0.25) is 0 Å². The lowest BCUT2D eigenvalue weighted by molar-refractivity contribution is 0.730. The minimum atomic E-state index is -0.316. The topological polar surface area (TPSA) is 101 Å². The van der Waals surface area contributed by atoms with Gasteiger partial charge in [-0.1, -0.05) is 30.3 Å². The number of hydrogen-bond donors (Lipinski definition) is 2. The highest BCUT2D eigenvalue weighted by molar-refractivity contribution is 5.82. The molecule has 8 nitrogen and oxygen atoms in total. The Bertz CT molecular complexity index is 1440. The first kappa shape index (κ1) is 18.0. The van der Waals surface area contributed by atoms with E-state index < -0.39 is 0 Å². The molecule has 0 aliphatic carbocycles. The van der Waals surface area contributed by atoms with Crippen molar-refractivity contribution in [2.45, 2.75) is 19.9 Å². The number of anilines is 1. The molecule has 0 spiro atoms. The van der Waals surface area contributed by atoms with Crippen LogP contribution in [0.5, 0.6) is 0 Å². The number of hydrogen-bond acceptors (Lipinski definition) is 6. The van der Waals surface area contributed by atoms with E-state index >= 15 is 0 Å². The van der Waals surface area contributed by atoms with Crippen molar-refractivity contribution in [1.82, 2.24) is 29.5 Å². The number of nitrogens with one attached hydrogen (secondary N) is 2. The van der Waals surface area contributed by atoms with Gasteiger partial charge in [-0.3, -0.25) is 9.36 Å². The van der Waals surface area contributed by atoms with E-state index in [2.05, 4.69) is 25.3 Å². The van der Waals surface area contributed by atoms with Gasteiger partial charge in [-0.25, -0.2) is 19.9 Å². The van der Waals surface area contributed by atoms with Crippen molar-refractivity contribution in [3.63, 3.8) is 0 Å². The van der Waals surface area contributed by atoms with E-state index in [-0.39, 0.29) is 11.6 Å². The van der Waals surface area contributed by atoms with Crippen LogP contribution in [-0.2, 0) is 0 Å². The fourth-order valence-electron chi connectivity index (χ4n) is 3.63. The standard InChI is InChI=1S/C22H19N7O/c1-13-7-3-6-10-17(13)29-21(28-16-9-5-4-8-15(16)22(29)30)14(2)27-20-18-19(24-11-23-18)25-12-26-20/h3-12,14H,1-2H3,(H2,23,24,25,26,27). The van der Waals surface area contributed by atoms with Crippen LogP contribution in [-0.4, -0.2) is 29.5 Å². The molecule has 0 aliphatic rings. The zero-order valence-electron chi connectivity index (χ0n) is 16.5. The van der Waals surface area contributed by atoms with Gasteiger partial charge in [0.05, 0.1) is 29.0 Å². The van der Waals surface area contributed by atoms with Crippen LogP contribution < -0.4 is 10.9 Å². The Kier molecular flexibility index (Phi) is 4.24. The summed E-state index contributed by atoms with van der Waals surface area (Å²) in [4.78, 5) is 34.0. The smallest absolute Gasteiger partial charge is 0.266 e. The summed E-state index contributed by atoms with van der Waals surface area (Å²) in [6, 6.07) is 14.9. The first-order chi connectivity index (χ1) is 14.6. The number of benzene rings is 2. The number of rotatable bonds is 4. The molecule has 0 saturated carbocycles. The molecule has 0 bridgehead atoms. The third-order valence-electron chi connectivity index (χ3n) is 5.12. The van der Waals surface area contributed by atoms with Gasteiger partial charge in [0.1, 0.15) is 17.7 Å². The normalized spacial score (nSPS) is 12.3. The van der Waals surface area contributed by atoms with Crippen LogP contribution in [0.3, 0.4) is 0 Å². The van der Waals surface area contributed by atoms with Gasteiger partial charge < -0.3 is 10.3 Å². The fourth-order valence-corrected chi connectivity index (χ4v) is 3.63. The highest BCUT2D eigenvalue weighted by Crippen LogP contribution is 2.24. The van der Waals surface area contributed by atoms with Crippen molar-refractivity contribution in [3.8, 4) is 5.69 Å². The zero-order chi connectivity index (χ0) is 20.7. The SMILES string of the molecule is Cc1ccccc1-n1c(C(C)Nc2ncnc3nc[nH]c23)nc2ccccc2c1=O. The summed E-state index contributed by atoms with van der Waals surface area (Å²) >= 11 is 0. The Morgan fingerprint density at radius 1 is 1.03 bits per heavy atom. The lowest BCUT2D eigenvalue weighted by Crippen LogP contribution is -2.28. The van der Waals surface area contributed by atoms with Gasteiger partial charge in [0.2, 0.25) is 0 Å². The molecular weight excluding hydrogens is 378 g/mol. The van der Waals surface area contributed by atoms with Crippen LogP contribution in [0.15, 0.2) is 66.0 Å². The molecule has 0 saturated heterocycles. The predicted octanol–water partition coefficient (Wildman–Crippen LogP) is 3.53. The number of aryl methyl sites for hydroxylation is 1. The average Bonchev–Trinajstić information content (AvgIpc) is 3.24. The van der Waals surface area contributed by atoms with E-state index in [0.29, 0.717) is 33.7 Å². The molecule has 5 rings (SSSR count). The molecular formula is C22H19N7O. The summed E-state index contributed by atoms with van der Waals surface area (Å²) in [5.41, 5.74) is 3.62. The number of para-hydroxylation sites is 2. The van der Waals surface area contributed by atoms with Gasteiger partial charge in [0.25, 0.3) is 5.56 Å². The van der Waals surface area contributed by atoms with Crippen molar-refractivity contribution in [2.75, 3.05) is 5.32 Å². The molecule has 2 aromatic carbocycles. The zero-order valence-corrected chi connectivity index (χ0v) is 16.5. The predicted molar refractivity (Wildman–Crippen MR) is 116 cm³/mol. The average molecular weight is 397 g/mol. The summed E-state index contributed by atoms with van der Waals surface area (Å²) in [6.45, 7) is 3.94. The highest BCUT2D eigenvalue weighted by atomic mass is 16.1. The van der Waals surface area contributed by atoms with Crippen molar-refractivity contribution >= 4 is 27.9 Å². The monoisotopic (exact) mass is 397 g/mol. The maximum absolute atomic E-state index is 13.5. The fraction of sp³-hybridized carbons (Fsp3) is 0.136. The summed E-state index contributed by atoms with van der Waals surface area (Å²) in [7, 11) is 0. The Hall–Kier alpha value is -4.07. The molecule has 3 heterocycles. The molecule has 1 atom stereocenters. The Morgan fingerprint density at radius 2 is 1.83 bits per heavy atom. The maximum atomic E-state index is 13.5. The van der Waals surface area contributed by atoms with Crippen molar-refractivity contribution in [3.05, 3.63) is 82.9 Å². The Morgan fingerprint density at radius 3 is 2.70 bits per heavy atom. The van der Waals surface area contributed by atoms with Crippen molar-refractivity contribution < 1.29 is 0 Å². The maximum Gasteiger partial charge on any atom is 0.266 e. The second-order valence-corrected chi connectivity index (χ2v) is 7.10.